The molecule has 1 heterocycles. The van der Waals surface area contributed by atoms with Crippen LogP contribution in [0.5, 0.6) is 0 Å². The predicted molar refractivity (Wildman–Crippen MR) is 118 cm³/mol. The van der Waals surface area contributed by atoms with Crippen molar-refractivity contribution in [1.29, 1.82) is 0 Å². The highest BCUT2D eigenvalue weighted by atomic mass is 35.5. The third-order valence-electron chi connectivity index (χ3n) is 5.27. The van der Waals surface area contributed by atoms with E-state index < -0.39 is 0 Å². The molecular formula is C22H27ClN4O3. The number of benzene rings is 2. The molecule has 0 aliphatic carbocycles. The summed E-state index contributed by atoms with van der Waals surface area (Å²) in [6, 6.07) is 14.2. The summed E-state index contributed by atoms with van der Waals surface area (Å²) in [5.41, 5.74) is 2.49. The zero-order valence-electron chi connectivity index (χ0n) is 17.0. The highest BCUT2D eigenvalue weighted by Crippen LogP contribution is 2.14. The first kappa shape index (κ1) is 22.1. The van der Waals surface area contributed by atoms with E-state index in [-0.39, 0.29) is 24.6 Å². The number of piperazine rings is 1. The van der Waals surface area contributed by atoms with Crippen molar-refractivity contribution in [3.8, 4) is 0 Å². The number of amides is 3. The van der Waals surface area contributed by atoms with Crippen molar-refractivity contribution >= 4 is 29.2 Å². The largest absolute Gasteiger partial charge is 0.395 e. The molecule has 1 aliphatic rings. The summed E-state index contributed by atoms with van der Waals surface area (Å²) in [5.74, 6) is 0.0444. The Bertz CT molecular complexity index is 858. The second-order valence-electron chi connectivity index (χ2n) is 7.46. The quantitative estimate of drug-likeness (QED) is 0.656. The summed E-state index contributed by atoms with van der Waals surface area (Å²) in [6.07, 6.45) is 0.297. The van der Waals surface area contributed by atoms with Gasteiger partial charge in [0.1, 0.15) is 0 Å². The number of urea groups is 1. The Morgan fingerprint density at radius 1 is 1.07 bits per heavy atom. The minimum atomic E-state index is -0.304. The molecule has 7 nitrogen and oxygen atoms in total. The van der Waals surface area contributed by atoms with Gasteiger partial charge < -0.3 is 20.6 Å². The average molecular weight is 431 g/mol. The number of hydrogen-bond acceptors (Lipinski definition) is 4. The lowest BCUT2D eigenvalue weighted by atomic mass is 10.1. The van der Waals surface area contributed by atoms with Gasteiger partial charge in [0.25, 0.3) is 0 Å². The fourth-order valence-corrected chi connectivity index (χ4v) is 3.45. The van der Waals surface area contributed by atoms with Crippen LogP contribution in [-0.2, 0) is 17.8 Å². The van der Waals surface area contributed by atoms with E-state index in [1.807, 2.05) is 31.3 Å². The molecule has 30 heavy (non-hydrogen) atoms. The summed E-state index contributed by atoms with van der Waals surface area (Å²) in [7, 11) is 1.96. The van der Waals surface area contributed by atoms with Gasteiger partial charge in [-0.2, -0.15) is 0 Å². The van der Waals surface area contributed by atoms with Crippen molar-refractivity contribution in [2.75, 3.05) is 38.6 Å². The lowest BCUT2D eigenvalue weighted by Gasteiger charge is -2.38. The molecule has 8 heteroatoms. The molecular weight excluding hydrogens is 404 g/mol. The van der Waals surface area contributed by atoms with Crippen LogP contribution >= 0.6 is 11.6 Å². The zero-order chi connectivity index (χ0) is 21.5. The Morgan fingerprint density at radius 3 is 2.40 bits per heavy atom. The van der Waals surface area contributed by atoms with Gasteiger partial charge in [-0.05, 0) is 42.4 Å². The summed E-state index contributed by atoms with van der Waals surface area (Å²) < 4.78 is 0. The summed E-state index contributed by atoms with van der Waals surface area (Å²) in [6.45, 7) is 2.40. The second kappa shape index (κ2) is 10.4. The Kier molecular flexibility index (Phi) is 7.68. The van der Waals surface area contributed by atoms with Crippen LogP contribution in [0.3, 0.4) is 0 Å². The number of carbonyl (C=O) groups is 2. The summed E-state index contributed by atoms with van der Waals surface area (Å²) in [4.78, 5) is 28.5. The van der Waals surface area contributed by atoms with Gasteiger partial charge in [-0.15, -0.1) is 0 Å². The zero-order valence-corrected chi connectivity index (χ0v) is 17.7. The van der Waals surface area contributed by atoms with Crippen LogP contribution in [-0.4, -0.2) is 66.2 Å². The number of aliphatic hydroxyl groups excluding tert-OH is 1. The number of aliphatic hydroxyl groups is 1. The minimum absolute atomic E-state index is 0.0133. The van der Waals surface area contributed by atoms with Crippen LogP contribution in [0.4, 0.5) is 10.5 Å². The topological polar surface area (TPSA) is 84.9 Å². The molecule has 0 radical (unpaired) electrons. The standard InChI is InChI=1S/C22H27ClN4O3/c1-26-10-11-27(14-20(26)15-28)21(29)12-16-4-8-19(9-5-16)25-22(30)24-13-17-2-6-18(23)7-3-17/h2-9,20,28H,10-15H2,1H3,(H2,24,25,30). The molecule has 3 N–H and O–H groups in total. The summed E-state index contributed by atoms with van der Waals surface area (Å²) in [5, 5.41) is 15.7. The number of halogens is 1. The highest BCUT2D eigenvalue weighted by Gasteiger charge is 2.26. The molecule has 1 saturated heterocycles. The van der Waals surface area contributed by atoms with Gasteiger partial charge in [0.2, 0.25) is 5.91 Å². The normalized spacial score (nSPS) is 16.9. The van der Waals surface area contributed by atoms with Crippen LogP contribution in [0.1, 0.15) is 11.1 Å². The predicted octanol–water partition coefficient (Wildman–Crippen LogP) is 2.34. The number of carbonyl (C=O) groups excluding carboxylic acids is 2. The Morgan fingerprint density at radius 2 is 1.73 bits per heavy atom. The van der Waals surface area contributed by atoms with Crippen LogP contribution in [0.25, 0.3) is 0 Å². The van der Waals surface area contributed by atoms with E-state index in [0.29, 0.717) is 36.8 Å². The van der Waals surface area contributed by atoms with Crippen molar-refractivity contribution in [3.63, 3.8) is 0 Å². The van der Waals surface area contributed by atoms with Crippen LogP contribution in [0.15, 0.2) is 48.5 Å². The first-order chi connectivity index (χ1) is 14.4. The van der Waals surface area contributed by atoms with E-state index in [4.69, 9.17) is 11.6 Å². The number of likely N-dealkylation sites (N-methyl/N-ethyl adjacent to an activating group) is 1. The van der Waals surface area contributed by atoms with Gasteiger partial charge in [0, 0.05) is 36.9 Å². The lowest BCUT2D eigenvalue weighted by molar-refractivity contribution is -0.133. The molecule has 160 valence electrons. The number of rotatable bonds is 6. The highest BCUT2D eigenvalue weighted by molar-refractivity contribution is 6.30. The van der Waals surface area contributed by atoms with Gasteiger partial charge in [-0.25, -0.2) is 4.79 Å². The third-order valence-corrected chi connectivity index (χ3v) is 5.53. The molecule has 0 aromatic heterocycles. The molecule has 0 saturated carbocycles. The van der Waals surface area contributed by atoms with E-state index in [9.17, 15) is 14.7 Å². The molecule has 1 fully saturated rings. The van der Waals surface area contributed by atoms with E-state index in [1.54, 1.807) is 29.2 Å². The molecule has 1 atom stereocenters. The molecule has 3 rings (SSSR count). The first-order valence-corrected chi connectivity index (χ1v) is 10.3. The number of nitrogens with one attached hydrogen (secondary N) is 2. The number of anilines is 1. The summed E-state index contributed by atoms with van der Waals surface area (Å²) >= 11 is 5.85. The van der Waals surface area contributed by atoms with E-state index in [0.717, 1.165) is 17.7 Å². The third kappa shape index (κ3) is 6.19. The molecule has 1 aliphatic heterocycles. The fraction of sp³-hybridized carbons (Fsp3) is 0.364. The smallest absolute Gasteiger partial charge is 0.319 e. The maximum atomic E-state index is 12.6. The van der Waals surface area contributed by atoms with Gasteiger partial charge in [-0.3, -0.25) is 9.69 Å². The van der Waals surface area contributed by atoms with Gasteiger partial charge in [0.05, 0.1) is 19.1 Å². The lowest BCUT2D eigenvalue weighted by Crippen LogP contribution is -2.54. The van der Waals surface area contributed by atoms with Crippen molar-refractivity contribution in [2.45, 2.75) is 19.0 Å². The number of hydrogen-bond donors (Lipinski definition) is 3. The maximum absolute atomic E-state index is 12.6. The Hall–Kier alpha value is -2.61. The Balaban J connectivity index is 1.46. The molecule has 0 bridgehead atoms. The molecule has 3 amide bonds. The minimum Gasteiger partial charge on any atom is -0.395 e. The SMILES string of the molecule is CN1CCN(C(=O)Cc2ccc(NC(=O)NCc3ccc(Cl)cc3)cc2)CC1CO. The monoisotopic (exact) mass is 430 g/mol. The number of nitrogens with zero attached hydrogens (tertiary/aromatic N) is 2. The fourth-order valence-electron chi connectivity index (χ4n) is 3.32. The molecule has 2 aromatic rings. The maximum Gasteiger partial charge on any atom is 0.319 e. The molecule has 1 unspecified atom stereocenters. The van der Waals surface area contributed by atoms with Gasteiger partial charge in [0.15, 0.2) is 0 Å². The molecule has 0 spiro atoms. The van der Waals surface area contributed by atoms with Gasteiger partial charge >= 0.3 is 6.03 Å². The first-order valence-electron chi connectivity index (χ1n) is 9.91. The van der Waals surface area contributed by atoms with Crippen LogP contribution in [0, 0.1) is 0 Å². The second-order valence-corrected chi connectivity index (χ2v) is 7.90. The van der Waals surface area contributed by atoms with E-state index in [1.165, 1.54) is 0 Å². The van der Waals surface area contributed by atoms with Crippen molar-refractivity contribution in [3.05, 3.63) is 64.7 Å². The van der Waals surface area contributed by atoms with Crippen LogP contribution < -0.4 is 10.6 Å². The van der Waals surface area contributed by atoms with E-state index >= 15 is 0 Å². The van der Waals surface area contributed by atoms with Crippen molar-refractivity contribution < 1.29 is 14.7 Å². The van der Waals surface area contributed by atoms with Crippen LogP contribution in [0.2, 0.25) is 5.02 Å². The van der Waals surface area contributed by atoms with Crippen molar-refractivity contribution in [2.24, 2.45) is 0 Å². The van der Waals surface area contributed by atoms with E-state index in [2.05, 4.69) is 15.5 Å². The average Bonchev–Trinajstić information content (AvgIpc) is 2.75. The van der Waals surface area contributed by atoms with Crippen molar-refractivity contribution in [1.82, 2.24) is 15.1 Å². The molecule has 2 aromatic carbocycles. The Labute approximate surface area is 181 Å². The van der Waals surface area contributed by atoms with Gasteiger partial charge in [-0.1, -0.05) is 35.9 Å².